The van der Waals surface area contributed by atoms with Gasteiger partial charge in [0.1, 0.15) is 6.33 Å². The summed E-state index contributed by atoms with van der Waals surface area (Å²) in [6.45, 7) is 4.05. The molecule has 2 N–H and O–H groups in total. The second-order valence-electron chi connectivity index (χ2n) is 6.27. The first-order valence-corrected chi connectivity index (χ1v) is 9.69. The number of amides is 2. The lowest BCUT2D eigenvalue weighted by Gasteiger charge is -2.10. The molecule has 0 fully saturated rings. The first-order valence-electron chi connectivity index (χ1n) is 8.70. The van der Waals surface area contributed by atoms with E-state index in [-0.39, 0.29) is 17.6 Å². The van der Waals surface area contributed by atoms with Gasteiger partial charge in [-0.15, -0.1) is 10.2 Å². The Bertz CT molecular complexity index is 1020. The van der Waals surface area contributed by atoms with Gasteiger partial charge in [0.2, 0.25) is 5.91 Å². The minimum Gasteiger partial charge on any atom is -0.355 e. The molecule has 8 heteroatoms. The Morgan fingerprint density at radius 2 is 1.96 bits per heavy atom. The molecule has 2 amide bonds. The third-order valence-electron chi connectivity index (χ3n) is 4.11. The van der Waals surface area contributed by atoms with E-state index in [1.807, 2.05) is 24.5 Å². The molecule has 0 aliphatic heterocycles. The molecular weight excluding hydrogens is 374 g/mol. The number of thioether (sulfide) groups is 1. The van der Waals surface area contributed by atoms with Gasteiger partial charge in [-0.25, -0.2) is 0 Å². The fourth-order valence-electron chi connectivity index (χ4n) is 2.68. The molecule has 3 rings (SSSR count). The molecule has 0 bridgehead atoms. The molecule has 0 aliphatic carbocycles. The van der Waals surface area contributed by atoms with Gasteiger partial charge in [-0.1, -0.05) is 30.0 Å². The molecule has 2 aromatic carbocycles. The summed E-state index contributed by atoms with van der Waals surface area (Å²) >= 11 is 1.30. The molecule has 0 unspecified atom stereocenters. The van der Waals surface area contributed by atoms with Crippen LogP contribution in [0.4, 0.5) is 5.69 Å². The lowest BCUT2D eigenvalue weighted by molar-refractivity contribution is -0.113. The van der Waals surface area contributed by atoms with E-state index >= 15 is 0 Å². The van der Waals surface area contributed by atoms with E-state index in [1.54, 1.807) is 37.6 Å². The Labute approximate surface area is 167 Å². The number of nitrogens with zero attached hydrogens (tertiary/aromatic N) is 3. The van der Waals surface area contributed by atoms with Crippen molar-refractivity contribution in [1.29, 1.82) is 0 Å². The topological polar surface area (TPSA) is 88.9 Å². The summed E-state index contributed by atoms with van der Waals surface area (Å²) in [5.41, 5.74) is 4.29. The molecule has 0 saturated carbocycles. The summed E-state index contributed by atoms with van der Waals surface area (Å²) in [5, 5.41) is 14.1. The van der Waals surface area contributed by atoms with Crippen molar-refractivity contribution >= 4 is 29.3 Å². The van der Waals surface area contributed by atoms with Crippen molar-refractivity contribution < 1.29 is 9.59 Å². The molecule has 144 valence electrons. The Kier molecular flexibility index (Phi) is 6.10. The quantitative estimate of drug-likeness (QED) is 0.627. The highest BCUT2D eigenvalue weighted by Crippen LogP contribution is 2.23. The molecule has 28 heavy (non-hydrogen) atoms. The Balaban J connectivity index is 1.67. The molecule has 3 aromatic rings. The number of anilines is 1. The van der Waals surface area contributed by atoms with Crippen LogP contribution >= 0.6 is 11.8 Å². The van der Waals surface area contributed by atoms with Crippen molar-refractivity contribution in [2.45, 2.75) is 19.0 Å². The lowest BCUT2D eigenvalue weighted by Crippen LogP contribution is -2.19. The van der Waals surface area contributed by atoms with Gasteiger partial charge in [-0.05, 0) is 49.2 Å². The number of carbonyl (C=O) groups is 2. The Morgan fingerprint density at radius 3 is 2.75 bits per heavy atom. The van der Waals surface area contributed by atoms with E-state index in [4.69, 9.17) is 0 Å². The predicted molar refractivity (Wildman–Crippen MR) is 110 cm³/mol. The van der Waals surface area contributed by atoms with Crippen LogP contribution in [0.3, 0.4) is 0 Å². The third-order valence-corrected chi connectivity index (χ3v) is 5.05. The van der Waals surface area contributed by atoms with E-state index in [0.29, 0.717) is 16.4 Å². The van der Waals surface area contributed by atoms with Crippen molar-refractivity contribution in [1.82, 2.24) is 20.1 Å². The van der Waals surface area contributed by atoms with Crippen molar-refractivity contribution in [3.8, 4) is 5.69 Å². The summed E-state index contributed by atoms with van der Waals surface area (Å²) < 4.78 is 1.88. The largest absolute Gasteiger partial charge is 0.355 e. The minimum absolute atomic E-state index is 0.174. The summed E-state index contributed by atoms with van der Waals surface area (Å²) in [4.78, 5) is 24.0. The van der Waals surface area contributed by atoms with Gasteiger partial charge in [-0.2, -0.15) is 0 Å². The summed E-state index contributed by atoms with van der Waals surface area (Å²) in [7, 11) is 1.57. The molecular formula is C20H21N5O2S. The van der Waals surface area contributed by atoms with Gasteiger partial charge in [0.15, 0.2) is 5.16 Å². The van der Waals surface area contributed by atoms with Crippen molar-refractivity contribution in [3.05, 3.63) is 65.5 Å². The van der Waals surface area contributed by atoms with Crippen molar-refractivity contribution in [2.75, 3.05) is 18.1 Å². The van der Waals surface area contributed by atoms with Crippen LogP contribution in [0.2, 0.25) is 0 Å². The number of benzene rings is 2. The number of rotatable bonds is 6. The highest BCUT2D eigenvalue weighted by molar-refractivity contribution is 7.99. The Hall–Kier alpha value is -3.13. The summed E-state index contributed by atoms with van der Waals surface area (Å²) in [5.74, 6) is -0.213. The normalized spacial score (nSPS) is 10.5. The molecule has 0 atom stereocenters. The van der Waals surface area contributed by atoms with Crippen LogP contribution in [0.25, 0.3) is 5.69 Å². The van der Waals surface area contributed by atoms with Crippen LogP contribution in [0.15, 0.2) is 53.9 Å². The second kappa shape index (κ2) is 8.71. The molecule has 0 spiro atoms. The number of carbonyl (C=O) groups excluding carboxylic acids is 2. The van der Waals surface area contributed by atoms with E-state index in [0.717, 1.165) is 16.8 Å². The Morgan fingerprint density at radius 1 is 1.14 bits per heavy atom. The maximum Gasteiger partial charge on any atom is 0.251 e. The van der Waals surface area contributed by atoms with E-state index in [2.05, 4.69) is 33.0 Å². The number of aromatic nitrogens is 3. The lowest BCUT2D eigenvalue weighted by atomic mass is 10.1. The first-order chi connectivity index (χ1) is 13.5. The molecule has 0 aliphatic rings. The number of hydrogen-bond donors (Lipinski definition) is 2. The van der Waals surface area contributed by atoms with Crippen LogP contribution in [-0.2, 0) is 4.79 Å². The van der Waals surface area contributed by atoms with E-state index < -0.39 is 0 Å². The first kappa shape index (κ1) is 19.6. The smallest absolute Gasteiger partial charge is 0.251 e. The van der Waals surface area contributed by atoms with Gasteiger partial charge in [0, 0.05) is 18.3 Å². The number of nitrogens with one attached hydrogen (secondary N) is 2. The summed E-state index contributed by atoms with van der Waals surface area (Å²) in [6, 6.07) is 13.0. The average Bonchev–Trinajstić information content (AvgIpc) is 3.16. The van der Waals surface area contributed by atoms with Gasteiger partial charge >= 0.3 is 0 Å². The van der Waals surface area contributed by atoms with Gasteiger partial charge in [0.05, 0.1) is 11.4 Å². The zero-order valence-corrected chi connectivity index (χ0v) is 16.7. The highest BCUT2D eigenvalue weighted by Gasteiger charge is 2.12. The van der Waals surface area contributed by atoms with Crippen LogP contribution in [-0.4, -0.2) is 39.4 Å². The third kappa shape index (κ3) is 4.58. The fourth-order valence-corrected chi connectivity index (χ4v) is 3.40. The fraction of sp³-hybridized carbons (Fsp3) is 0.200. The SMILES string of the molecule is CNC(=O)c1cccc(NC(=O)CSc2nncn2-c2cc(C)ccc2C)c1. The van der Waals surface area contributed by atoms with Crippen molar-refractivity contribution in [3.63, 3.8) is 0 Å². The molecule has 1 aromatic heterocycles. The zero-order valence-electron chi connectivity index (χ0n) is 15.9. The molecule has 1 heterocycles. The van der Waals surface area contributed by atoms with Crippen molar-refractivity contribution in [2.24, 2.45) is 0 Å². The minimum atomic E-state index is -0.202. The monoisotopic (exact) mass is 395 g/mol. The van der Waals surface area contributed by atoms with Gasteiger partial charge in [0.25, 0.3) is 5.91 Å². The molecule has 7 nitrogen and oxygen atoms in total. The molecule has 0 saturated heterocycles. The van der Waals surface area contributed by atoms with E-state index in [9.17, 15) is 9.59 Å². The second-order valence-corrected chi connectivity index (χ2v) is 7.21. The maximum atomic E-state index is 12.3. The zero-order chi connectivity index (χ0) is 20.1. The van der Waals surface area contributed by atoms with Gasteiger partial charge < -0.3 is 10.6 Å². The van der Waals surface area contributed by atoms with Crippen LogP contribution in [0.5, 0.6) is 0 Å². The van der Waals surface area contributed by atoms with Crippen LogP contribution in [0.1, 0.15) is 21.5 Å². The number of hydrogen-bond acceptors (Lipinski definition) is 5. The predicted octanol–water partition coefficient (Wildman–Crippen LogP) is 2.97. The highest BCUT2D eigenvalue weighted by atomic mass is 32.2. The summed E-state index contributed by atoms with van der Waals surface area (Å²) in [6.07, 6.45) is 1.65. The standard InChI is InChI=1S/C20H21N5O2S/c1-13-7-8-14(2)17(9-13)25-12-22-24-20(25)28-11-18(26)23-16-6-4-5-15(10-16)19(27)21-3/h4-10,12H,11H2,1-3H3,(H,21,27)(H,23,26). The van der Waals surface area contributed by atoms with Crippen LogP contribution < -0.4 is 10.6 Å². The molecule has 0 radical (unpaired) electrons. The van der Waals surface area contributed by atoms with Crippen LogP contribution in [0, 0.1) is 13.8 Å². The average molecular weight is 395 g/mol. The number of aryl methyl sites for hydroxylation is 2. The maximum absolute atomic E-state index is 12.3. The van der Waals surface area contributed by atoms with E-state index in [1.165, 1.54) is 11.8 Å². The van der Waals surface area contributed by atoms with Gasteiger partial charge in [-0.3, -0.25) is 14.2 Å².